The smallest absolute Gasteiger partial charge is 0.123 e. The molecular formula is C19H30N2O4. The first-order valence-corrected chi connectivity index (χ1v) is 9.23. The molecule has 1 aromatic rings. The third kappa shape index (κ3) is 5.31. The summed E-state index contributed by atoms with van der Waals surface area (Å²) in [6, 6.07) is 7.97. The Kier molecular flexibility index (Phi) is 6.53. The van der Waals surface area contributed by atoms with Crippen molar-refractivity contribution in [2.45, 2.75) is 32.1 Å². The Bertz CT molecular complexity index is 534. The molecule has 6 heteroatoms. The summed E-state index contributed by atoms with van der Waals surface area (Å²) in [4.78, 5) is 4.63. The molecule has 2 saturated heterocycles. The van der Waals surface area contributed by atoms with E-state index >= 15 is 0 Å². The molecule has 0 aromatic heterocycles. The summed E-state index contributed by atoms with van der Waals surface area (Å²) in [5.74, 6) is 1.65. The molecule has 1 aromatic carbocycles. The molecule has 2 aliphatic rings. The van der Waals surface area contributed by atoms with E-state index in [1.165, 1.54) is 0 Å². The van der Waals surface area contributed by atoms with E-state index in [4.69, 9.17) is 14.2 Å². The van der Waals surface area contributed by atoms with Crippen molar-refractivity contribution < 1.29 is 19.3 Å². The first-order valence-electron chi connectivity index (χ1n) is 9.23. The van der Waals surface area contributed by atoms with E-state index in [1.54, 1.807) is 0 Å². The van der Waals surface area contributed by atoms with Crippen molar-refractivity contribution in [3.05, 3.63) is 24.3 Å². The summed E-state index contributed by atoms with van der Waals surface area (Å²) in [6.45, 7) is 10.4. The Hall–Kier alpha value is -1.34. The minimum atomic E-state index is -0.291. The third-order valence-corrected chi connectivity index (χ3v) is 4.70. The Morgan fingerprint density at radius 1 is 1.20 bits per heavy atom. The summed E-state index contributed by atoms with van der Waals surface area (Å²) in [5, 5.41) is 10.4. The van der Waals surface area contributed by atoms with Gasteiger partial charge in [-0.15, -0.1) is 0 Å². The molecule has 0 bridgehead atoms. The molecule has 25 heavy (non-hydrogen) atoms. The number of benzene rings is 1. The Morgan fingerprint density at radius 2 is 1.96 bits per heavy atom. The number of ether oxygens (including phenoxy) is 3. The van der Waals surface area contributed by atoms with Gasteiger partial charge in [-0.25, -0.2) is 0 Å². The number of β-amino-alcohol motifs (C(OH)–C–C–N with tert-alkyl or cyclic N) is 1. The van der Waals surface area contributed by atoms with Gasteiger partial charge in [0.25, 0.3) is 0 Å². The number of rotatable bonds is 7. The zero-order valence-electron chi connectivity index (χ0n) is 15.3. The van der Waals surface area contributed by atoms with E-state index in [-0.39, 0.29) is 18.2 Å². The molecule has 1 N–H and O–H groups in total. The molecule has 0 aliphatic carbocycles. The van der Waals surface area contributed by atoms with Crippen LogP contribution in [0.4, 0.5) is 0 Å². The van der Waals surface area contributed by atoms with Crippen molar-refractivity contribution in [2.24, 2.45) is 0 Å². The van der Waals surface area contributed by atoms with Gasteiger partial charge in [-0.05, 0) is 26.0 Å². The highest BCUT2D eigenvalue weighted by Gasteiger charge is 2.35. The van der Waals surface area contributed by atoms with Gasteiger partial charge in [-0.1, -0.05) is 6.07 Å². The minimum Gasteiger partial charge on any atom is -0.492 e. The minimum absolute atomic E-state index is 0.151. The molecular weight excluding hydrogens is 320 g/mol. The predicted octanol–water partition coefficient (Wildman–Crippen LogP) is 1.23. The van der Waals surface area contributed by atoms with Crippen LogP contribution in [0.1, 0.15) is 13.8 Å². The van der Waals surface area contributed by atoms with E-state index in [1.807, 2.05) is 38.1 Å². The second-order valence-electron chi connectivity index (χ2n) is 7.03. The number of nitrogens with zero attached hydrogens (tertiary/aromatic N) is 2. The fourth-order valence-electron chi connectivity index (χ4n) is 3.50. The first kappa shape index (κ1) is 18.5. The predicted molar refractivity (Wildman–Crippen MR) is 96.3 cm³/mol. The van der Waals surface area contributed by atoms with Crippen molar-refractivity contribution in [3.8, 4) is 11.5 Å². The van der Waals surface area contributed by atoms with E-state index < -0.39 is 0 Å². The summed E-state index contributed by atoms with van der Waals surface area (Å²) >= 11 is 0. The summed E-state index contributed by atoms with van der Waals surface area (Å²) in [6.07, 6.45) is -0.140. The first-order chi connectivity index (χ1) is 12.1. The number of hydrogen-bond donors (Lipinski definition) is 1. The van der Waals surface area contributed by atoms with E-state index in [0.717, 1.165) is 50.9 Å². The van der Waals surface area contributed by atoms with E-state index in [0.29, 0.717) is 13.2 Å². The van der Waals surface area contributed by atoms with Gasteiger partial charge in [-0.3, -0.25) is 9.80 Å². The van der Waals surface area contributed by atoms with Gasteiger partial charge in [0.2, 0.25) is 0 Å². The van der Waals surface area contributed by atoms with Gasteiger partial charge < -0.3 is 19.3 Å². The molecule has 2 fully saturated rings. The van der Waals surface area contributed by atoms with Crippen LogP contribution in [0.2, 0.25) is 0 Å². The molecule has 140 valence electrons. The van der Waals surface area contributed by atoms with Crippen LogP contribution >= 0.6 is 0 Å². The summed E-state index contributed by atoms with van der Waals surface area (Å²) < 4.78 is 17.0. The van der Waals surface area contributed by atoms with Crippen molar-refractivity contribution in [2.75, 3.05) is 52.5 Å². The number of likely N-dealkylation sites (tertiary alicyclic amines) is 1. The Labute approximate surface area is 150 Å². The van der Waals surface area contributed by atoms with Crippen molar-refractivity contribution in [3.63, 3.8) is 0 Å². The fraction of sp³-hybridized carbons (Fsp3) is 0.684. The lowest BCUT2D eigenvalue weighted by molar-refractivity contribution is -0.00618. The van der Waals surface area contributed by atoms with Crippen LogP contribution < -0.4 is 9.47 Å². The molecule has 2 atom stereocenters. The standard InChI is InChI=1S/C19H30N2O4/c1-15(2)25-17-5-3-4-16(12-17)24-11-6-20-13-18(19(22)14-20)21-7-9-23-10-8-21/h3-5,12,15,18-19,22H,6-11,13-14H2,1-2H3/t18-,19-/m1/s1. The van der Waals surface area contributed by atoms with Crippen LogP contribution in [-0.2, 0) is 4.74 Å². The molecule has 0 saturated carbocycles. The second-order valence-corrected chi connectivity index (χ2v) is 7.03. The Morgan fingerprint density at radius 3 is 2.72 bits per heavy atom. The molecule has 0 unspecified atom stereocenters. The average molecular weight is 350 g/mol. The summed E-state index contributed by atoms with van der Waals surface area (Å²) in [5.41, 5.74) is 0. The van der Waals surface area contributed by atoms with Crippen LogP contribution in [0.5, 0.6) is 11.5 Å². The number of aliphatic hydroxyl groups is 1. The van der Waals surface area contributed by atoms with Gasteiger partial charge >= 0.3 is 0 Å². The average Bonchev–Trinajstić information content (AvgIpc) is 2.96. The van der Waals surface area contributed by atoms with Crippen LogP contribution in [0.25, 0.3) is 0 Å². The monoisotopic (exact) mass is 350 g/mol. The van der Waals surface area contributed by atoms with Crippen molar-refractivity contribution in [1.29, 1.82) is 0 Å². The molecule has 0 spiro atoms. The van der Waals surface area contributed by atoms with Crippen LogP contribution in [-0.4, -0.2) is 85.7 Å². The highest BCUT2D eigenvalue weighted by atomic mass is 16.5. The van der Waals surface area contributed by atoms with E-state index in [2.05, 4.69) is 9.80 Å². The van der Waals surface area contributed by atoms with Gasteiger partial charge in [0.1, 0.15) is 18.1 Å². The van der Waals surface area contributed by atoms with E-state index in [9.17, 15) is 5.11 Å². The number of hydrogen-bond acceptors (Lipinski definition) is 6. The zero-order valence-corrected chi connectivity index (χ0v) is 15.3. The molecule has 0 amide bonds. The quantitative estimate of drug-likeness (QED) is 0.798. The number of morpholine rings is 1. The van der Waals surface area contributed by atoms with Gasteiger partial charge in [0, 0.05) is 44.8 Å². The van der Waals surface area contributed by atoms with Crippen LogP contribution in [0.15, 0.2) is 24.3 Å². The lowest BCUT2D eigenvalue weighted by Crippen LogP contribution is -2.48. The largest absolute Gasteiger partial charge is 0.492 e. The lowest BCUT2D eigenvalue weighted by atomic mass is 10.2. The highest BCUT2D eigenvalue weighted by Crippen LogP contribution is 2.21. The highest BCUT2D eigenvalue weighted by molar-refractivity contribution is 5.33. The lowest BCUT2D eigenvalue weighted by Gasteiger charge is -2.33. The topological polar surface area (TPSA) is 54.4 Å². The molecule has 3 rings (SSSR count). The second kappa shape index (κ2) is 8.85. The van der Waals surface area contributed by atoms with Gasteiger partial charge in [0.05, 0.1) is 25.4 Å². The SMILES string of the molecule is CC(C)Oc1cccc(OCCN2C[C@@H](O)[C@H](N3CCOCC3)C2)c1. The van der Waals surface area contributed by atoms with Crippen molar-refractivity contribution in [1.82, 2.24) is 9.80 Å². The maximum absolute atomic E-state index is 10.4. The maximum Gasteiger partial charge on any atom is 0.123 e. The van der Waals surface area contributed by atoms with Crippen molar-refractivity contribution >= 4 is 0 Å². The van der Waals surface area contributed by atoms with Gasteiger partial charge in [-0.2, -0.15) is 0 Å². The maximum atomic E-state index is 10.4. The van der Waals surface area contributed by atoms with Crippen LogP contribution in [0.3, 0.4) is 0 Å². The van der Waals surface area contributed by atoms with Crippen LogP contribution in [0, 0.1) is 0 Å². The molecule has 2 aliphatic heterocycles. The molecule has 0 radical (unpaired) electrons. The summed E-state index contributed by atoms with van der Waals surface area (Å²) in [7, 11) is 0. The molecule has 2 heterocycles. The third-order valence-electron chi connectivity index (χ3n) is 4.70. The molecule has 6 nitrogen and oxygen atoms in total. The normalized spacial score (nSPS) is 25.4. The fourth-order valence-corrected chi connectivity index (χ4v) is 3.50. The zero-order chi connectivity index (χ0) is 17.6. The number of aliphatic hydroxyl groups excluding tert-OH is 1. The van der Waals surface area contributed by atoms with Gasteiger partial charge in [0.15, 0.2) is 0 Å². The Balaban J connectivity index is 1.43.